The van der Waals surface area contributed by atoms with Gasteiger partial charge in [-0.1, -0.05) is 48.5 Å². The number of aromatic hydroxyl groups is 2. The number of diazo groups is 2. The number of ketones is 4. The van der Waals surface area contributed by atoms with Crippen LogP contribution >= 0.6 is 0 Å². The molecule has 2 aliphatic carbocycles. The molecule has 0 spiro atoms. The molecule has 0 unspecified atom stereocenters. The summed E-state index contributed by atoms with van der Waals surface area (Å²) in [7, 11) is -5.17. The van der Waals surface area contributed by atoms with Gasteiger partial charge in [0.2, 0.25) is 22.4 Å². The van der Waals surface area contributed by atoms with Crippen LogP contribution in [0.15, 0.2) is 72.8 Å². The Morgan fingerprint density at radius 2 is 0.767 bits per heavy atom. The van der Waals surface area contributed by atoms with E-state index in [0.29, 0.717) is 0 Å². The van der Waals surface area contributed by atoms with E-state index in [1.165, 1.54) is 48.5 Å². The first kappa shape index (κ1) is 29.8. The number of rotatable bonds is 0. The molecule has 0 radical (unpaired) electrons. The second-order valence-electron chi connectivity index (χ2n) is 8.72. The van der Waals surface area contributed by atoms with E-state index in [2.05, 4.69) is 9.95 Å². The number of hydrogen-bond donors (Lipinski definition) is 2. The van der Waals surface area contributed by atoms with Crippen LogP contribution in [0.3, 0.4) is 0 Å². The molecule has 0 fully saturated rings. The van der Waals surface area contributed by atoms with E-state index in [1.807, 2.05) is 0 Å². The molecule has 6 rings (SSSR count). The third-order valence-electron chi connectivity index (χ3n) is 6.28. The molecule has 4 aromatic carbocycles. The standard InChI is InChI=1S/2C14H6N2O3.H2O4S/c2*15-16-9-5-6-10(17)12-11(9)13(18)7-3-1-2-4-8(7)14(12)19;1-5(2,3)4/h2*1-6H;(H2,1,2,3,4). The van der Waals surface area contributed by atoms with E-state index >= 15 is 0 Å². The van der Waals surface area contributed by atoms with Crippen molar-refractivity contribution in [1.29, 1.82) is 10.8 Å². The van der Waals surface area contributed by atoms with Crippen LogP contribution in [0.4, 0.5) is 11.4 Å². The maximum Gasteiger partial charge on any atom is 0.397 e. The Kier molecular flexibility index (Phi) is 7.91. The lowest BCUT2D eigenvalue weighted by Gasteiger charge is -2.16. The monoisotopic (exact) mass is 598 g/mol. The summed E-state index contributed by atoms with van der Waals surface area (Å²) in [5, 5.41) is 37.4. The number of nitrogens with zero attached hydrogens (tertiary/aromatic N) is 4. The number of benzene rings is 4. The third kappa shape index (κ3) is 5.58. The van der Waals surface area contributed by atoms with Crippen molar-refractivity contribution in [2.45, 2.75) is 0 Å². The molecule has 2 N–H and O–H groups in total. The van der Waals surface area contributed by atoms with Gasteiger partial charge in [-0.25, -0.2) is 0 Å². The van der Waals surface area contributed by atoms with Gasteiger partial charge in [0.1, 0.15) is 22.6 Å². The summed E-state index contributed by atoms with van der Waals surface area (Å²) in [5.74, 6) is -2.37. The average molecular weight is 599 g/mol. The van der Waals surface area contributed by atoms with Crippen LogP contribution in [0.1, 0.15) is 63.7 Å². The Bertz CT molecular complexity index is 1950. The van der Waals surface area contributed by atoms with Gasteiger partial charge in [0.15, 0.2) is 21.5 Å². The van der Waals surface area contributed by atoms with E-state index in [0.717, 1.165) is 0 Å². The summed E-state index contributed by atoms with van der Waals surface area (Å²) < 4.78 is 34.1. The minimum Gasteiger partial charge on any atom is -0.759 e. The number of phenolic OH excluding ortho intramolecular Hbond substituents is 2. The zero-order valence-electron chi connectivity index (χ0n) is 21.3. The number of phenols is 2. The first-order chi connectivity index (χ1) is 20.3. The molecule has 0 amide bonds. The van der Waals surface area contributed by atoms with E-state index < -0.39 is 33.5 Å². The highest BCUT2D eigenvalue weighted by Crippen LogP contribution is 2.39. The predicted octanol–water partition coefficient (Wildman–Crippen LogP) is 3.97. The smallest absolute Gasteiger partial charge is 0.397 e. The molecule has 0 bridgehead atoms. The van der Waals surface area contributed by atoms with Crippen LogP contribution in [0.5, 0.6) is 11.5 Å². The van der Waals surface area contributed by atoms with Crippen molar-refractivity contribution in [3.63, 3.8) is 0 Å². The molecule has 43 heavy (non-hydrogen) atoms. The molecular weight excluding hydrogens is 584 g/mol. The van der Waals surface area contributed by atoms with Crippen molar-refractivity contribution in [2.75, 3.05) is 0 Å². The van der Waals surface area contributed by atoms with E-state index in [1.54, 1.807) is 24.3 Å². The molecule has 0 heterocycles. The van der Waals surface area contributed by atoms with Crippen LogP contribution in [-0.2, 0) is 10.4 Å². The maximum atomic E-state index is 12.4. The molecule has 0 aliphatic heterocycles. The van der Waals surface area contributed by atoms with E-state index in [-0.39, 0.29) is 67.4 Å². The van der Waals surface area contributed by atoms with Gasteiger partial charge >= 0.3 is 11.4 Å². The normalized spacial score (nSPS) is 12.5. The van der Waals surface area contributed by atoms with Crippen molar-refractivity contribution >= 4 is 44.9 Å². The number of carbonyl (C=O) groups excluding carboxylic acids is 4. The van der Waals surface area contributed by atoms with Crippen molar-refractivity contribution < 1.29 is 46.9 Å². The first-order valence-electron chi connectivity index (χ1n) is 11.8. The van der Waals surface area contributed by atoms with Gasteiger partial charge in [0.25, 0.3) is 0 Å². The lowest BCUT2D eigenvalue weighted by molar-refractivity contribution is 0.0977. The Labute approximate surface area is 241 Å². The molecule has 0 saturated heterocycles. The number of fused-ring (bicyclic) bond motifs is 4. The Morgan fingerprint density at radius 3 is 1.02 bits per heavy atom. The minimum atomic E-state index is -5.17. The fourth-order valence-electron chi connectivity index (χ4n) is 4.54. The fourth-order valence-corrected chi connectivity index (χ4v) is 4.54. The molecular formula is C28H14N4O10S. The van der Waals surface area contributed by atoms with Crippen molar-refractivity contribution in [1.82, 2.24) is 0 Å². The molecule has 0 aromatic heterocycles. The molecule has 15 heteroatoms. The molecule has 0 atom stereocenters. The number of carbonyl (C=O) groups is 4. The van der Waals surface area contributed by atoms with Crippen LogP contribution in [0, 0.1) is 10.8 Å². The lowest BCUT2D eigenvalue weighted by atomic mass is 9.83. The highest BCUT2D eigenvalue weighted by atomic mass is 32.3. The van der Waals surface area contributed by atoms with Gasteiger partial charge in [-0.05, 0) is 12.1 Å². The molecule has 14 nitrogen and oxygen atoms in total. The van der Waals surface area contributed by atoms with Gasteiger partial charge in [-0.3, -0.25) is 27.6 Å². The van der Waals surface area contributed by atoms with Crippen LogP contribution in [0.25, 0.3) is 9.95 Å². The Morgan fingerprint density at radius 1 is 0.512 bits per heavy atom. The molecule has 4 aromatic rings. The summed E-state index contributed by atoms with van der Waals surface area (Å²) >= 11 is 0. The Balaban J connectivity index is 0.000000171. The molecule has 0 saturated carbocycles. The summed E-state index contributed by atoms with van der Waals surface area (Å²) in [5.41, 5.74) is 0.568. The molecule has 2 aliphatic rings. The zero-order valence-corrected chi connectivity index (χ0v) is 22.1. The van der Waals surface area contributed by atoms with Crippen LogP contribution < -0.4 is 0 Å². The van der Waals surface area contributed by atoms with E-state index in [4.69, 9.17) is 28.3 Å². The second-order valence-corrected chi connectivity index (χ2v) is 9.54. The predicted molar refractivity (Wildman–Crippen MR) is 143 cm³/mol. The third-order valence-corrected chi connectivity index (χ3v) is 6.28. The summed E-state index contributed by atoms with van der Waals surface area (Å²) in [6.07, 6.45) is 0. The lowest BCUT2D eigenvalue weighted by Crippen LogP contribution is -2.20. The van der Waals surface area contributed by atoms with Gasteiger partial charge in [-0.15, -0.1) is 0 Å². The summed E-state index contributed by atoms with van der Waals surface area (Å²) in [4.78, 5) is 55.3. The van der Waals surface area contributed by atoms with E-state index in [9.17, 15) is 29.4 Å². The van der Waals surface area contributed by atoms with Gasteiger partial charge in [0.05, 0.1) is 11.1 Å². The quantitative estimate of drug-likeness (QED) is 0.143. The van der Waals surface area contributed by atoms with Crippen molar-refractivity contribution in [2.24, 2.45) is 0 Å². The largest absolute Gasteiger partial charge is 0.759 e. The zero-order chi connectivity index (χ0) is 31.6. The minimum absolute atomic E-state index is 0.0272. The highest BCUT2D eigenvalue weighted by molar-refractivity contribution is 7.79. The summed E-state index contributed by atoms with van der Waals surface area (Å²) in [6.45, 7) is 0. The Hall–Kier alpha value is -6.13. The summed E-state index contributed by atoms with van der Waals surface area (Å²) in [6, 6.07) is 17.7. The SMILES string of the molecule is N#[N+]c1ccc(O)c2c1C(=O)c1ccccc1C2=O.N#[N+]c1ccc(O)c2c1C(=O)c1ccccc1C2=O.O=S(=O)([O-])[O-]. The van der Waals surface area contributed by atoms with Crippen LogP contribution in [0.2, 0.25) is 0 Å². The second kappa shape index (κ2) is 11.4. The van der Waals surface area contributed by atoms with Gasteiger partial charge < -0.3 is 19.3 Å². The average Bonchev–Trinajstić information content (AvgIpc) is 2.98. The number of hydrogen-bond acceptors (Lipinski definition) is 12. The fraction of sp³-hybridized carbons (Fsp3) is 0. The van der Waals surface area contributed by atoms with Gasteiger partial charge in [-0.2, -0.15) is 0 Å². The van der Waals surface area contributed by atoms with Crippen molar-refractivity contribution in [3.8, 4) is 11.5 Å². The van der Waals surface area contributed by atoms with Crippen LogP contribution in [-0.4, -0.2) is 50.9 Å². The first-order valence-corrected chi connectivity index (χ1v) is 13.1. The highest BCUT2D eigenvalue weighted by Gasteiger charge is 2.39. The topological polar surface area (TPSA) is 245 Å². The maximum absolute atomic E-state index is 12.4. The van der Waals surface area contributed by atoms with Crippen molar-refractivity contribution in [3.05, 3.63) is 127 Å². The van der Waals surface area contributed by atoms with Gasteiger partial charge in [0, 0.05) is 44.8 Å². The molecule has 212 valence electrons.